The van der Waals surface area contributed by atoms with Crippen molar-refractivity contribution in [2.45, 2.75) is 26.1 Å². The number of hydrogen-bond acceptors (Lipinski definition) is 3. The fourth-order valence-electron chi connectivity index (χ4n) is 1.74. The van der Waals surface area contributed by atoms with Crippen LogP contribution >= 0.6 is 23.4 Å². The Labute approximate surface area is 124 Å². The van der Waals surface area contributed by atoms with Crippen LogP contribution in [-0.2, 0) is 6.18 Å². The van der Waals surface area contributed by atoms with Gasteiger partial charge in [-0.1, -0.05) is 37.2 Å². The fraction of sp³-hybridized carbons (Fsp3) is 0.462. The maximum absolute atomic E-state index is 12.8. The van der Waals surface area contributed by atoms with Crippen LogP contribution in [-0.4, -0.2) is 17.0 Å². The van der Waals surface area contributed by atoms with E-state index < -0.39 is 11.7 Å². The van der Waals surface area contributed by atoms with Crippen LogP contribution in [0.25, 0.3) is 0 Å². The van der Waals surface area contributed by atoms with E-state index in [-0.39, 0.29) is 11.1 Å². The van der Waals surface area contributed by atoms with Gasteiger partial charge in [0, 0.05) is 11.4 Å². The van der Waals surface area contributed by atoms with E-state index in [2.05, 4.69) is 24.2 Å². The van der Waals surface area contributed by atoms with Crippen molar-refractivity contribution in [1.29, 1.82) is 0 Å². The molecule has 1 heterocycles. The summed E-state index contributed by atoms with van der Waals surface area (Å²) in [6, 6.07) is 3.97. The monoisotopic (exact) mass is 322 g/mol. The molecule has 0 saturated heterocycles. The average Bonchev–Trinajstić information content (AvgIpc) is 2.79. The minimum absolute atomic E-state index is 0.205. The Hall–Kier alpha value is -0.880. The quantitative estimate of drug-likeness (QED) is 0.837. The first-order valence-corrected chi connectivity index (χ1v) is 7.48. The van der Waals surface area contributed by atoms with Crippen molar-refractivity contribution in [2.24, 2.45) is 10.9 Å². The van der Waals surface area contributed by atoms with E-state index in [1.165, 1.54) is 23.9 Å². The molecule has 0 bridgehead atoms. The van der Waals surface area contributed by atoms with Gasteiger partial charge in [0.25, 0.3) is 0 Å². The minimum Gasteiger partial charge on any atom is -0.335 e. The standard InChI is InChI=1S/C13H14ClF3N2S/c1-7(2)11-6-20-12(19-11)18-8-3-4-10(14)9(5-8)13(15,16)17/h3-5,7,11H,6H2,1-2H3,(H,18,19)/t11-/m1/s1. The van der Waals surface area contributed by atoms with Crippen molar-refractivity contribution >= 4 is 34.2 Å². The molecule has 1 aromatic rings. The molecule has 0 unspecified atom stereocenters. The number of amidine groups is 1. The third kappa shape index (κ3) is 3.61. The van der Waals surface area contributed by atoms with Crippen molar-refractivity contribution in [3.05, 3.63) is 28.8 Å². The summed E-state index contributed by atoms with van der Waals surface area (Å²) in [6.07, 6.45) is -4.46. The molecule has 1 atom stereocenters. The Morgan fingerprint density at radius 3 is 2.65 bits per heavy atom. The van der Waals surface area contributed by atoms with Gasteiger partial charge in [0.15, 0.2) is 5.17 Å². The van der Waals surface area contributed by atoms with Crippen molar-refractivity contribution in [1.82, 2.24) is 0 Å². The maximum atomic E-state index is 12.8. The molecule has 0 spiro atoms. The molecule has 0 aliphatic carbocycles. The van der Waals surface area contributed by atoms with E-state index in [9.17, 15) is 13.2 Å². The van der Waals surface area contributed by atoms with E-state index in [1.807, 2.05) is 0 Å². The second-order valence-electron chi connectivity index (χ2n) is 4.87. The van der Waals surface area contributed by atoms with Crippen LogP contribution in [0.5, 0.6) is 0 Å². The minimum atomic E-state index is -4.46. The number of aliphatic imine (C=N–C) groups is 1. The van der Waals surface area contributed by atoms with Gasteiger partial charge in [-0.05, 0) is 24.1 Å². The van der Waals surface area contributed by atoms with Crippen LogP contribution in [0.2, 0.25) is 5.02 Å². The average molecular weight is 323 g/mol. The zero-order chi connectivity index (χ0) is 14.9. The summed E-state index contributed by atoms with van der Waals surface area (Å²) in [7, 11) is 0. The lowest BCUT2D eigenvalue weighted by atomic mass is 10.1. The van der Waals surface area contributed by atoms with Crippen LogP contribution in [0.1, 0.15) is 19.4 Å². The molecule has 0 fully saturated rings. The van der Waals surface area contributed by atoms with Crippen molar-refractivity contribution < 1.29 is 13.2 Å². The van der Waals surface area contributed by atoms with Gasteiger partial charge in [-0.2, -0.15) is 13.2 Å². The van der Waals surface area contributed by atoms with Crippen LogP contribution < -0.4 is 5.32 Å². The second kappa shape index (κ2) is 5.85. The van der Waals surface area contributed by atoms with Gasteiger partial charge in [0.2, 0.25) is 0 Å². The van der Waals surface area contributed by atoms with Gasteiger partial charge >= 0.3 is 6.18 Å². The zero-order valence-electron chi connectivity index (χ0n) is 11.0. The zero-order valence-corrected chi connectivity index (χ0v) is 12.5. The maximum Gasteiger partial charge on any atom is 0.417 e. The molecule has 110 valence electrons. The Kier molecular flexibility index (Phi) is 4.54. The largest absolute Gasteiger partial charge is 0.417 e. The number of thioether (sulfide) groups is 1. The first kappa shape index (κ1) is 15.5. The molecule has 2 nitrogen and oxygen atoms in total. The van der Waals surface area contributed by atoms with Crippen molar-refractivity contribution in [3.63, 3.8) is 0 Å². The first-order chi connectivity index (χ1) is 9.27. The van der Waals surface area contributed by atoms with Gasteiger partial charge in [0.1, 0.15) is 0 Å². The Morgan fingerprint density at radius 2 is 2.10 bits per heavy atom. The molecule has 2 rings (SSSR count). The molecule has 0 saturated carbocycles. The summed E-state index contributed by atoms with van der Waals surface area (Å²) in [6.45, 7) is 4.14. The van der Waals surface area contributed by atoms with Gasteiger partial charge in [-0.25, -0.2) is 0 Å². The van der Waals surface area contributed by atoms with Crippen LogP contribution in [0.3, 0.4) is 0 Å². The van der Waals surface area contributed by atoms with Crippen molar-refractivity contribution in [3.8, 4) is 0 Å². The number of nitrogens with one attached hydrogen (secondary N) is 1. The summed E-state index contributed by atoms with van der Waals surface area (Å²) >= 11 is 7.09. The highest BCUT2D eigenvalue weighted by atomic mass is 35.5. The Morgan fingerprint density at radius 1 is 1.40 bits per heavy atom. The summed E-state index contributed by atoms with van der Waals surface area (Å²) in [5.74, 6) is 1.26. The third-order valence-electron chi connectivity index (χ3n) is 2.97. The molecule has 20 heavy (non-hydrogen) atoms. The number of rotatable bonds is 2. The normalized spacial score (nSPS) is 19.4. The van der Waals surface area contributed by atoms with Crippen LogP contribution in [0.15, 0.2) is 23.2 Å². The van der Waals surface area contributed by atoms with E-state index >= 15 is 0 Å². The van der Waals surface area contributed by atoms with E-state index in [0.717, 1.165) is 11.8 Å². The fourth-order valence-corrected chi connectivity index (χ4v) is 3.16. The summed E-state index contributed by atoms with van der Waals surface area (Å²) in [5.41, 5.74) is -0.495. The van der Waals surface area contributed by atoms with Crippen LogP contribution in [0, 0.1) is 5.92 Å². The highest BCUT2D eigenvalue weighted by Gasteiger charge is 2.33. The third-order valence-corrected chi connectivity index (χ3v) is 4.29. The number of halogens is 4. The lowest BCUT2D eigenvalue weighted by Gasteiger charge is -2.12. The van der Waals surface area contributed by atoms with E-state index in [0.29, 0.717) is 16.8 Å². The summed E-state index contributed by atoms with van der Waals surface area (Å²) < 4.78 is 38.3. The molecular weight excluding hydrogens is 309 g/mol. The van der Waals surface area contributed by atoms with Gasteiger partial charge in [-0.3, -0.25) is 4.99 Å². The number of benzene rings is 1. The summed E-state index contributed by atoms with van der Waals surface area (Å²) in [5, 5.41) is 3.27. The smallest absolute Gasteiger partial charge is 0.335 e. The topological polar surface area (TPSA) is 24.4 Å². The van der Waals surface area contributed by atoms with Crippen LogP contribution in [0.4, 0.5) is 18.9 Å². The predicted octanol–water partition coefficient (Wildman–Crippen LogP) is 4.90. The molecule has 1 aromatic carbocycles. The van der Waals surface area contributed by atoms with Gasteiger partial charge in [0.05, 0.1) is 16.6 Å². The van der Waals surface area contributed by atoms with Gasteiger partial charge in [-0.15, -0.1) is 0 Å². The number of anilines is 1. The molecule has 0 amide bonds. The molecule has 1 aliphatic heterocycles. The van der Waals surface area contributed by atoms with E-state index in [1.54, 1.807) is 0 Å². The lowest BCUT2D eigenvalue weighted by molar-refractivity contribution is -0.137. The van der Waals surface area contributed by atoms with Crippen molar-refractivity contribution in [2.75, 3.05) is 11.1 Å². The number of alkyl halides is 3. The second-order valence-corrected chi connectivity index (χ2v) is 6.29. The van der Waals surface area contributed by atoms with E-state index in [4.69, 9.17) is 11.6 Å². The molecule has 1 N–H and O–H groups in total. The highest BCUT2D eigenvalue weighted by Crippen LogP contribution is 2.36. The number of nitrogens with zero attached hydrogens (tertiary/aromatic N) is 1. The molecule has 7 heteroatoms. The Bertz CT molecular complexity index is 529. The highest BCUT2D eigenvalue weighted by molar-refractivity contribution is 8.14. The SMILES string of the molecule is CC(C)[C@H]1CSC(Nc2ccc(Cl)c(C(F)(F)F)c2)=N1. The Balaban J connectivity index is 2.17. The lowest BCUT2D eigenvalue weighted by Crippen LogP contribution is -2.12. The summed E-state index contributed by atoms with van der Waals surface area (Å²) in [4.78, 5) is 4.45. The first-order valence-electron chi connectivity index (χ1n) is 6.11. The number of hydrogen-bond donors (Lipinski definition) is 1. The van der Waals surface area contributed by atoms with Gasteiger partial charge < -0.3 is 5.32 Å². The molecule has 0 radical (unpaired) electrons. The predicted molar refractivity (Wildman–Crippen MR) is 78.6 cm³/mol. The molecule has 0 aromatic heterocycles. The molecular formula is C13H14ClF3N2S. The molecule has 1 aliphatic rings.